The highest BCUT2D eigenvalue weighted by atomic mass is 16.5. The molecule has 0 fully saturated rings. The van der Waals surface area contributed by atoms with Gasteiger partial charge in [-0.1, -0.05) is 34.6 Å². The Morgan fingerprint density at radius 3 is 1.89 bits per heavy atom. The first kappa shape index (κ1) is 16.9. The van der Waals surface area contributed by atoms with Crippen molar-refractivity contribution < 1.29 is 19.1 Å². The van der Waals surface area contributed by atoms with Crippen molar-refractivity contribution in [1.82, 2.24) is 0 Å². The van der Waals surface area contributed by atoms with Gasteiger partial charge in [0.1, 0.15) is 13.2 Å². The van der Waals surface area contributed by atoms with E-state index in [1.807, 2.05) is 13.8 Å². The number of rotatable bonds is 8. The molecule has 0 aliphatic rings. The minimum Gasteiger partial charge on any atom is -0.465 e. The van der Waals surface area contributed by atoms with E-state index in [-0.39, 0.29) is 23.3 Å². The van der Waals surface area contributed by atoms with Gasteiger partial charge in [-0.2, -0.15) is 0 Å². The van der Waals surface area contributed by atoms with Crippen molar-refractivity contribution in [3.63, 3.8) is 0 Å². The molecule has 4 nitrogen and oxygen atoms in total. The maximum atomic E-state index is 11.5. The average Bonchev–Trinajstić information content (AvgIpc) is 2.38. The van der Waals surface area contributed by atoms with E-state index in [2.05, 4.69) is 0 Å². The largest absolute Gasteiger partial charge is 0.465 e. The molecule has 0 atom stereocenters. The first-order chi connectivity index (χ1) is 8.40. The topological polar surface area (TPSA) is 52.6 Å². The van der Waals surface area contributed by atoms with E-state index in [0.717, 1.165) is 12.8 Å². The number of carbonyl (C=O) groups is 2. The summed E-state index contributed by atoms with van der Waals surface area (Å²) in [6.45, 7) is 10.0. The van der Waals surface area contributed by atoms with Crippen LogP contribution in [0.4, 0.5) is 0 Å². The van der Waals surface area contributed by atoms with Gasteiger partial charge in [-0.3, -0.25) is 9.59 Å². The second-order valence-electron chi connectivity index (χ2n) is 4.98. The Bertz CT molecular complexity index is 267. The molecule has 0 aromatic rings. The van der Waals surface area contributed by atoms with E-state index in [0.29, 0.717) is 19.6 Å². The molecule has 0 bridgehead atoms. The highest BCUT2D eigenvalue weighted by molar-refractivity contribution is 5.71. The molecule has 0 unspecified atom stereocenters. The third kappa shape index (κ3) is 5.52. The number of hydrogen-bond donors (Lipinski definition) is 0. The van der Waals surface area contributed by atoms with Gasteiger partial charge in [0, 0.05) is 11.8 Å². The number of carbonyl (C=O) groups excluding carboxylic acids is 2. The second-order valence-corrected chi connectivity index (χ2v) is 4.98. The summed E-state index contributed by atoms with van der Waals surface area (Å²) in [6, 6.07) is 0. The van der Waals surface area contributed by atoms with Crippen molar-refractivity contribution in [1.29, 1.82) is 0 Å². The van der Waals surface area contributed by atoms with Crippen molar-refractivity contribution in [2.45, 2.75) is 53.9 Å². The summed E-state index contributed by atoms with van der Waals surface area (Å²) in [5.74, 6) is -0.547. The minimum absolute atomic E-state index is 0.130. The lowest BCUT2D eigenvalue weighted by Gasteiger charge is -2.30. The van der Waals surface area contributed by atoms with Crippen LogP contribution < -0.4 is 0 Å². The van der Waals surface area contributed by atoms with Crippen molar-refractivity contribution in [2.75, 3.05) is 13.2 Å². The molecule has 18 heavy (non-hydrogen) atoms. The Morgan fingerprint density at radius 1 is 1.00 bits per heavy atom. The van der Waals surface area contributed by atoms with Crippen LogP contribution in [0.5, 0.6) is 0 Å². The van der Waals surface area contributed by atoms with Gasteiger partial charge in [-0.05, 0) is 12.8 Å². The van der Waals surface area contributed by atoms with Crippen LogP contribution in [-0.4, -0.2) is 25.2 Å². The molecule has 0 aliphatic heterocycles. The first-order valence-electron chi connectivity index (χ1n) is 6.73. The maximum absolute atomic E-state index is 11.5. The van der Waals surface area contributed by atoms with Crippen LogP contribution >= 0.6 is 0 Å². The third-order valence-electron chi connectivity index (χ3n) is 3.32. The van der Waals surface area contributed by atoms with Gasteiger partial charge >= 0.3 is 11.9 Å². The molecule has 0 rings (SSSR count). The van der Waals surface area contributed by atoms with Gasteiger partial charge < -0.3 is 9.47 Å². The van der Waals surface area contributed by atoms with Gasteiger partial charge in [-0.25, -0.2) is 0 Å². The molecular formula is C14H26O4. The highest BCUT2D eigenvalue weighted by Gasteiger charge is 2.30. The highest BCUT2D eigenvalue weighted by Crippen LogP contribution is 2.27. The Labute approximate surface area is 110 Å². The molecule has 0 spiro atoms. The second kappa shape index (κ2) is 8.11. The predicted molar refractivity (Wildman–Crippen MR) is 70.1 cm³/mol. The van der Waals surface area contributed by atoms with Crippen molar-refractivity contribution in [2.24, 2.45) is 11.3 Å². The number of hydrogen-bond acceptors (Lipinski definition) is 4. The van der Waals surface area contributed by atoms with Gasteiger partial charge in [0.05, 0.1) is 5.92 Å². The molecule has 106 valence electrons. The normalized spacial score (nSPS) is 11.4. The van der Waals surface area contributed by atoms with E-state index in [4.69, 9.17) is 9.47 Å². The van der Waals surface area contributed by atoms with Crippen molar-refractivity contribution in [3.8, 4) is 0 Å². The van der Waals surface area contributed by atoms with Crippen LogP contribution in [0, 0.1) is 11.3 Å². The van der Waals surface area contributed by atoms with E-state index in [1.165, 1.54) is 0 Å². The minimum atomic E-state index is -0.255. The van der Waals surface area contributed by atoms with Crippen LogP contribution in [0.25, 0.3) is 0 Å². The van der Waals surface area contributed by atoms with Crippen LogP contribution in [0.3, 0.4) is 0 Å². The lowest BCUT2D eigenvalue weighted by Crippen LogP contribution is -2.34. The van der Waals surface area contributed by atoms with E-state index in [1.54, 1.807) is 20.8 Å². The summed E-state index contributed by atoms with van der Waals surface area (Å²) in [4.78, 5) is 22.7. The predicted octanol–water partition coefficient (Wildman–Crippen LogP) is 2.95. The molecule has 4 heteroatoms. The van der Waals surface area contributed by atoms with Gasteiger partial charge in [-0.15, -0.1) is 0 Å². The fraction of sp³-hybridized carbons (Fsp3) is 0.857. The quantitative estimate of drug-likeness (QED) is 0.628. The molecule has 0 saturated heterocycles. The molecule has 0 aromatic heterocycles. The fourth-order valence-corrected chi connectivity index (χ4v) is 1.43. The summed E-state index contributed by atoms with van der Waals surface area (Å²) >= 11 is 0. The zero-order valence-electron chi connectivity index (χ0n) is 12.2. The molecule has 0 saturated carbocycles. The Balaban J connectivity index is 4.42. The molecule has 0 aromatic carbocycles. The fourth-order valence-electron chi connectivity index (χ4n) is 1.43. The van der Waals surface area contributed by atoms with E-state index in [9.17, 15) is 9.59 Å². The Hall–Kier alpha value is -1.06. The van der Waals surface area contributed by atoms with Crippen LogP contribution in [0.1, 0.15) is 53.9 Å². The maximum Gasteiger partial charge on any atom is 0.308 e. The molecule has 0 amide bonds. The standard InChI is InChI=1S/C14H26O4/c1-6-12(15)17-9-14(7-2,8-3)10-18-13(16)11(4)5/h11H,6-10H2,1-5H3. The van der Waals surface area contributed by atoms with Crippen molar-refractivity contribution >= 4 is 11.9 Å². The molecule has 0 heterocycles. The number of esters is 2. The summed E-state index contributed by atoms with van der Waals surface area (Å²) in [5.41, 5.74) is -0.255. The van der Waals surface area contributed by atoms with Crippen LogP contribution in [0.15, 0.2) is 0 Å². The summed E-state index contributed by atoms with van der Waals surface area (Å²) < 4.78 is 10.5. The monoisotopic (exact) mass is 258 g/mol. The van der Waals surface area contributed by atoms with Gasteiger partial charge in [0.15, 0.2) is 0 Å². The smallest absolute Gasteiger partial charge is 0.308 e. The summed E-state index contributed by atoms with van der Waals surface area (Å²) in [5, 5.41) is 0. The Morgan fingerprint density at radius 2 is 1.50 bits per heavy atom. The third-order valence-corrected chi connectivity index (χ3v) is 3.32. The van der Waals surface area contributed by atoms with Crippen LogP contribution in [0.2, 0.25) is 0 Å². The Kier molecular flexibility index (Phi) is 7.64. The lowest BCUT2D eigenvalue weighted by molar-refractivity contribution is -0.156. The summed E-state index contributed by atoms with van der Waals surface area (Å²) in [7, 11) is 0. The SMILES string of the molecule is CCC(=O)OCC(CC)(CC)COC(=O)C(C)C. The molecule has 0 aliphatic carbocycles. The zero-order valence-corrected chi connectivity index (χ0v) is 12.2. The van der Waals surface area contributed by atoms with E-state index >= 15 is 0 Å². The number of ether oxygens (including phenoxy) is 2. The zero-order chi connectivity index (χ0) is 14.2. The molecule has 0 radical (unpaired) electrons. The van der Waals surface area contributed by atoms with E-state index < -0.39 is 0 Å². The first-order valence-corrected chi connectivity index (χ1v) is 6.73. The van der Waals surface area contributed by atoms with Crippen LogP contribution in [-0.2, 0) is 19.1 Å². The molecule has 0 N–H and O–H groups in total. The average molecular weight is 258 g/mol. The van der Waals surface area contributed by atoms with Gasteiger partial charge in [0.2, 0.25) is 0 Å². The van der Waals surface area contributed by atoms with Crippen molar-refractivity contribution in [3.05, 3.63) is 0 Å². The molecular weight excluding hydrogens is 232 g/mol. The summed E-state index contributed by atoms with van der Waals surface area (Å²) in [6.07, 6.45) is 1.99. The van der Waals surface area contributed by atoms with Gasteiger partial charge in [0.25, 0.3) is 0 Å². The lowest BCUT2D eigenvalue weighted by atomic mass is 9.84.